The zero-order chi connectivity index (χ0) is 36.4. The minimum absolute atomic E-state index is 0.0141. The Morgan fingerprint density at radius 3 is 2.35 bits per heavy atom. The number of hydrogen-bond acceptors (Lipinski definition) is 8. The van der Waals surface area contributed by atoms with Gasteiger partial charge in [-0.15, -0.1) is 0 Å². The second-order valence-electron chi connectivity index (χ2n) is 15.0. The number of aromatic nitrogens is 1. The highest BCUT2D eigenvalue weighted by atomic mass is 19.1. The lowest BCUT2D eigenvalue weighted by Gasteiger charge is -2.33. The number of nitrogens with zero attached hydrogens (tertiary/aromatic N) is 2. The minimum atomic E-state index is -0.433. The van der Waals surface area contributed by atoms with E-state index in [2.05, 4.69) is 15.6 Å². The third-order valence-electron chi connectivity index (χ3n) is 10.2. The predicted molar refractivity (Wildman–Crippen MR) is 196 cm³/mol. The lowest BCUT2D eigenvalue weighted by molar-refractivity contribution is -0.135. The highest BCUT2D eigenvalue weighted by molar-refractivity contribution is 5.92. The van der Waals surface area contributed by atoms with Crippen molar-refractivity contribution in [3.8, 4) is 5.75 Å². The molecule has 0 unspecified atom stereocenters. The van der Waals surface area contributed by atoms with Gasteiger partial charge >= 0.3 is 0 Å². The molecule has 2 aromatic carbocycles. The maximum atomic E-state index is 14.0. The van der Waals surface area contributed by atoms with Gasteiger partial charge in [0, 0.05) is 42.8 Å². The molecule has 3 atom stereocenters. The topological polar surface area (TPSA) is 122 Å². The van der Waals surface area contributed by atoms with Crippen LogP contribution in [0.2, 0.25) is 0 Å². The third-order valence-corrected chi connectivity index (χ3v) is 10.2. The van der Waals surface area contributed by atoms with E-state index in [1.54, 1.807) is 23.2 Å². The minimum Gasteiger partial charge on any atom is -0.491 e. The molecule has 11 heteroatoms. The van der Waals surface area contributed by atoms with Crippen molar-refractivity contribution < 1.29 is 33.3 Å². The summed E-state index contributed by atoms with van der Waals surface area (Å²) in [4.78, 5) is 32.2. The molecular formula is C40H55FN4O6. The molecule has 2 heterocycles. The molecule has 0 radical (unpaired) electrons. The zero-order valence-corrected chi connectivity index (χ0v) is 30.5. The fraction of sp³-hybridized carbons (Fsp3) is 0.575. The molecule has 1 aromatic heterocycles. The molecule has 2 aliphatic rings. The van der Waals surface area contributed by atoms with Gasteiger partial charge < -0.3 is 34.9 Å². The lowest BCUT2D eigenvalue weighted by atomic mass is 9.73. The summed E-state index contributed by atoms with van der Waals surface area (Å²) in [7, 11) is 0. The van der Waals surface area contributed by atoms with Gasteiger partial charge in [0.05, 0.1) is 44.1 Å². The van der Waals surface area contributed by atoms with Crippen LogP contribution in [0.1, 0.15) is 71.3 Å². The molecule has 1 saturated carbocycles. The van der Waals surface area contributed by atoms with E-state index in [-0.39, 0.29) is 35.0 Å². The predicted octanol–water partition coefficient (Wildman–Crippen LogP) is 5.93. The van der Waals surface area contributed by atoms with Crippen molar-refractivity contribution in [1.82, 2.24) is 15.2 Å². The van der Waals surface area contributed by atoms with Crippen molar-refractivity contribution in [2.45, 2.75) is 77.9 Å². The van der Waals surface area contributed by atoms with Gasteiger partial charge in [-0.2, -0.15) is 0 Å². The lowest BCUT2D eigenvalue weighted by Crippen LogP contribution is -2.53. The molecule has 2 amide bonds. The Morgan fingerprint density at radius 1 is 0.961 bits per heavy atom. The van der Waals surface area contributed by atoms with Crippen molar-refractivity contribution in [2.24, 2.45) is 17.3 Å². The van der Waals surface area contributed by atoms with Crippen molar-refractivity contribution in [2.75, 3.05) is 58.0 Å². The van der Waals surface area contributed by atoms with E-state index in [1.807, 2.05) is 58.0 Å². The number of carbonyl (C=O) groups excluding carboxylic acids is 2. The number of halogens is 1. The fourth-order valence-corrected chi connectivity index (χ4v) is 7.23. The number of carbonyl (C=O) groups is 2. The maximum absolute atomic E-state index is 14.0. The summed E-state index contributed by atoms with van der Waals surface area (Å²) >= 11 is 0. The SMILES string of the molecule is C[C@@H](C(=O)Nc1ccc(OCCOCCOCCN[C@H](C(=O)N2CC[C@@H](O)C2)C(C)(C)C)cc1)[C@H]1CC[C@@H](c2ccnc3ccc(F)cc32)CC1. The Kier molecular flexibility index (Phi) is 13.8. The molecule has 278 valence electrons. The zero-order valence-electron chi connectivity index (χ0n) is 30.5. The van der Waals surface area contributed by atoms with Gasteiger partial charge in [-0.25, -0.2) is 4.39 Å². The monoisotopic (exact) mass is 706 g/mol. The van der Waals surface area contributed by atoms with E-state index in [9.17, 15) is 19.1 Å². The van der Waals surface area contributed by atoms with Crippen LogP contribution in [0.3, 0.4) is 0 Å². The van der Waals surface area contributed by atoms with Crippen LogP contribution < -0.4 is 15.4 Å². The normalized spacial score (nSPS) is 20.7. The fourth-order valence-electron chi connectivity index (χ4n) is 7.23. The summed E-state index contributed by atoms with van der Waals surface area (Å²) in [5.41, 5.74) is 2.44. The number of aliphatic hydroxyl groups is 1. The largest absolute Gasteiger partial charge is 0.491 e. The van der Waals surface area contributed by atoms with E-state index in [1.165, 1.54) is 6.07 Å². The van der Waals surface area contributed by atoms with Crippen molar-refractivity contribution >= 4 is 28.4 Å². The highest BCUT2D eigenvalue weighted by Gasteiger charge is 2.36. The number of nitrogens with one attached hydrogen (secondary N) is 2. The van der Waals surface area contributed by atoms with Gasteiger partial charge in [0.25, 0.3) is 0 Å². The molecule has 0 bridgehead atoms. The number of ether oxygens (including phenoxy) is 3. The van der Waals surface area contributed by atoms with Crippen LogP contribution in [0.5, 0.6) is 5.75 Å². The molecule has 10 nitrogen and oxygen atoms in total. The number of amides is 2. The summed E-state index contributed by atoms with van der Waals surface area (Å²) in [6.07, 6.45) is 5.82. The molecule has 1 aliphatic heterocycles. The molecule has 3 aromatic rings. The number of likely N-dealkylation sites (tertiary alicyclic amines) is 1. The molecular weight excluding hydrogens is 651 g/mol. The van der Waals surface area contributed by atoms with E-state index >= 15 is 0 Å². The first-order valence-electron chi connectivity index (χ1n) is 18.4. The van der Waals surface area contributed by atoms with Crippen LogP contribution >= 0.6 is 0 Å². The Hall–Kier alpha value is -3.64. The Bertz CT molecular complexity index is 1570. The van der Waals surface area contributed by atoms with Crippen molar-refractivity contribution in [3.63, 3.8) is 0 Å². The summed E-state index contributed by atoms with van der Waals surface area (Å²) < 4.78 is 31.1. The van der Waals surface area contributed by atoms with E-state index in [0.29, 0.717) is 76.7 Å². The number of hydrogen-bond donors (Lipinski definition) is 3. The van der Waals surface area contributed by atoms with Crippen LogP contribution in [0.15, 0.2) is 54.7 Å². The molecule has 1 aliphatic carbocycles. The molecule has 1 saturated heterocycles. The van der Waals surface area contributed by atoms with E-state index < -0.39 is 6.10 Å². The number of rotatable bonds is 16. The summed E-state index contributed by atoms with van der Waals surface area (Å²) in [6, 6.07) is 13.8. The molecule has 5 rings (SSSR count). The average molecular weight is 707 g/mol. The number of fused-ring (bicyclic) bond motifs is 1. The number of pyridine rings is 1. The van der Waals surface area contributed by atoms with Gasteiger partial charge in [-0.3, -0.25) is 14.6 Å². The van der Waals surface area contributed by atoms with Crippen LogP contribution in [-0.2, 0) is 19.1 Å². The number of benzene rings is 2. The Morgan fingerprint density at radius 2 is 1.67 bits per heavy atom. The molecule has 3 N–H and O–H groups in total. The molecule has 51 heavy (non-hydrogen) atoms. The summed E-state index contributed by atoms with van der Waals surface area (Å²) in [5.74, 6) is 1.00. The number of aliphatic hydroxyl groups excluding tert-OH is 1. The van der Waals surface area contributed by atoms with Crippen LogP contribution in [0.4, 0.5) is 10.1 Å². The van der Waals surface area contributed by atoms with Crippen LogP contribution in [-0.4, -0.2) is 91.6 Å². The van der Waals surface area contributed by atoms with Crippen molar-refractivity contribution in [1.29, 1.82) is 0 Å². The average Bonchev–Trinajstić information content (AvgIpc) is 3.56. The third kappa shape index (κ3) is 10.9. The molecule has 2 fully saturated rings. The Labute approximate surface area is 301 Å². The summed E-state index contributed by atoms with van der Waals surface area (Å²) in [5, 5.41) is 17.1. The molecule has 0 spiro atoms. The number of anilines is 1. The number of β-amino-alcohol motifs (C(OH)–C–C–N with tert-alkyl or cyclic N) is 1. The highest BCUT2D eigenvalue weighted by Crippen LogP contribution is 2.41. The Balaban J connectivity index is 0.929. The van der Waals surface area contributed by atoms with Crippen molar-refractivity contribution in [3.05, 3.63) is 66.1 Å². The van der Waals surface area contributed by atoms with Crippen LogP contribution in [0.25, 0.3) is 10.9 Å². The smallest absolute Gasteiger partial charge is 0.240 e. The van der Waals surface area contributed by atoms with Gasteiger partial charge in [0.1, 0.15) is 18.2 Å². The second-order valence-corrected chi connectivity index (χ2v) is 15.0. The van der Waals surface area contributed by atoms with E-state index in [0.717, 1.165) is 47.8 Å². The van der Waals surface area contributed by atoms with Gasteiger partial charge in [0.15, 0.2) is 0 Å². The van der Waals surface area contributed by atoms with Gasteiger partial charge in [0.2, 0.25) is 11.8 Å². The first-order chi connectivity index (χ1) is 24.5. The summed E-state index contributed by atoms with van der Waals surface area (Å²) in [6.45, 7) is 11.8. The first-order valence-corrected chi connectivity index (χ1v) is 18.4. The quantitative estimate of drug-likeness (QED) is 0.157. The van der Waals surface area contributed by atoms with E-state index in [4.69, 9.17) is 14.2 Å². The first kappa shape index (κ1) is 38.6. The van der Waals surface area contributed by atoms with Gasteiger partial charge in [-0.05, 0) is 103 Å². The maximum Gasteiger partial charge on any atom is 0.240 e. The second kappa shape index (κ2) is 18.2. The van der Waals surface area contributed by atoms with Crippen LogP contribution in [0, 0.1) is 23.1 Å². The standard InChI is InChI=1S/C40H55FN4O6/c1-27(28-5-7-29(8-6-28)34-15-17-42-36-14-9-30(41)25-35(34)36)38(47)44-31-10-12-33(13-11-31)51-24-23-50-22-21-49-20-18-43-37(40(2,3)4)39(48)45-19-16-32(46)26-45/h9-15,17,25,27-29,32,37,43,46H,5-8,16,18-24,26H2,1-4H3,(H,44,47)/t27-,28-,29+,32-,37-/m1/s1. The van der Waals surface area contributed by atoms with Gasteiger partial charge in [-0.1, -0.05) is 27.7 Å².